The molecule has 0 spiro atoms. The molecule has 0 aromatic rings. The summed E-state index contributed by atoms with van der Waals surface area (Å²) in [5, 5.41) is 0. The second kappa shape index (κ2) is 4.91. The molecule has 2 radical (unpaired) electrons. The van der Waals surface area contributed by atoms with E-state index in [4.69, 9.17) is 6.58 Å². The lowest BCUT2D eigenvalue weighted by Crippen LogP contribution is -2.77. The second-order valence-corrected chi connectivity index (χ2v) is 4.99. The molecule has 0 heterocycles. The molecule has 0 nitrogen and oxygen atoms in total. The molecule has 0 N–H and O–H groups in total. The molecule has 0 amide bonds. The zero-order valence-corrected chi connectivity index (χ0v) is 11.0. The van der Waals surface area contributed by atoms with E-state index in [2.05, 4.69) is 0 Å². The number of allylic oxidation sites excluding steroid dienone is 1. The van der Waals surface area contributed by atoms with E-state index in [1.165, 1.54) is 0 Å². The van der Waals surface area contributed by atoms with Gasteiger partial charge in [0.05, 0.1) is 5.57 Å². The fraction of sp³-hybridized carbons (Fsp3) is 0.800. The molecule has 1 aliphatic carbocycles. The highest BCUT2D eigenvalue weighted by molar-refractivity contribution is 5.39. The van der Waals surface area contributed by atoms with E-state index < -0.39 is 53.0 Å². The number of hydrogen-bond donors (Lipinski definition) is 0. The lowest BCUT2D eigenvalue weighted by molar-refractivity contribution is -0.437. The van der Waals surface area contributed by atoms with Crippen molar-refractivity contribution in [2.24, 2.45) is 0 Å². The number of halogens is 16. The van der Waals surface area contributed by atoms with Crippen LogP contribution in [0.2, 0.25) is 0 Å². The van der Waals surface area contributed by atoms with Crippen molar-refractivity contribution in [2.75, 3.05) is 0 Å². The lowest BCUT2D eigenvalue weighted by atomic mass is 9.79. The minimum absolute atomic E-state index is 4.82. The average molecular weight is 424 g/mol. The minimum atomic E-state index is -8.56. The number of hydrogen-bond acceptors (Lipinski definition) is 0. The smallest absolute Gasteiger partial charge is 0.220 e. The van der Waals surface area contributed by atoms with E-state index in [9.17, 15) is 70.2 Å². The summed E-state index contributed by atoms with van der Waals surface area (Å²) in [5.74, 6) is -32.0. The molecule has 0 bridgehead atoms. The maximum atomic E-state index is 13.7. The van der Waals surface area contributed by atoms with Gasteiger partial charge in [0.1, 0.15) is 0 Å². The van der Waals surface area contributed by atoms with Crippen LogP contribution in [-0.2, 0) is 0 Å². The van der Waals surface area contributed by atoms with Crippen LogP contribution < -0.4 is 0 Å². The Labute approximate surface area is 131 Å². The van der Waals surface area contributed by atoms with Gasteiger partial charge in [-0.05, 0) is 0 Å². The first kappa shape index (κ1) is 22.7. The van der Waals surface area contributed by atoms with E-state index in [1.54, 1.807) is 0 Å². The third-order valence-corrected chi connectivity index (χ3v) is 3.53. The summed E-state index contributed by atoms with van der Waals surface area (Å²) in [6, 6.07) is 0. The Morgan fingerprint density at radius 3 is 1.08 bits per heavy atom. The third kappa shape index (κ3) is 1.95. The first-order valence-electron chi connectivity index (χ1n) is 5.52. The largest absolute Gasteiger partial charge is 0.435 e. The van der Waals surface area contributed by atoms with Gasteiger partial charge in [-0.15, -0.1) is 0 Å². The van der Waals surface area contributed by atoms with Gasteiger partial charge < -0.3 is 0 Å². The molecule has 0 aromatic heterocycles. The molecule has 26 heavy (non-hydrogen) atoms. The highest BCUT2D eigenvalue weighted by Gasteiger charge is 3.02. The van der Waals surface area contributed by atoms with Gasteiger partial charge in [0.15, 0.2) is 0 Å². The first-order valence-corrected chi connectivity index (χ1v) is 5.52. The maximum Gasteiger partial charge on any atom is 0.435 e. The van der Waals surface area contributed by atoms with Crippen molar-refractivity contribution in [1.82, 2.24) is 0 Å². The molecule has 2 unspecified atom stereocenters. The Morgan fingerprint density at radius 2 is 0.808 bits per heavy atom. The van der Waals surface area contributed by atoms with E-state index in [0.29, 0.717) is 0 Å². The van der Waals surface area contributed by atoms with Gasteiger partial charge in [-0.25, -0.2) is 8.78 Å². The van der Waals surface area contributed by atoms with Crippen LogP contribution in [-0.4, -0.2) is 47.4 Å². The van der Waals surface area contributed by atoms with Gasteiger partial charge in [-0.1, -0.05) is 0 Å². The second-order valence-electron chi connectivity index (χ2n) is 4.99. The van der Waals surface area contributed by atoms with Gasteiger partial charge in [-0.2, -0.15) is 61.5 Å². The van der Waals surface area contributed by atoms with Gasteiger partial charge in [0, 0.05) is 6.58 Å². The predicted molar refractivity (Wildman–Crippen MR) is 46.3 cm³/mol. The lowest BCUT2D eigenvalue weighted by Gasteiger charge is -2.44. The first-order chi connectivity index (χ1) is 10.9. The van der Waals surface area contributed by atoms with Gasteiger partial charge >= 0.3 is 47.4 Å². The van der Waals surface area contributed by atoms with Crippen LogP contribution in [0.3, 0.4) is 0 Å². The van der Waals surface area contributed by atoms with E-state index >= 15 is 0 Å². The summed E-state index contributed by atoms with van der Waals surface area (Å²) >= 11 is 0. The topological polar surface area (TPSA) is 0 Å². The van der Waals surface area contributed by atoms with Crippen LogP contribution in [0.5, 0.6) is 0 Å². The molecule has 0 saturated heterocycles. The molecular weight excluding hydrogens is 424 g/mol. The average Bonchev–Trinajstić information content (AvgIpc) is 2.40. The Bertz CT molecular complexity index is 608. The summed E-state index contributed by atoms with van der Waals surface area (Å²) in [5.41, 5.74) is -21.6. The van der Waals surface area contributed by atoms with Crippen LogP contribution in [0.1, 0.15) is 0 Å². The van der Waals surface area contributed by atoms with E-state index in [0.717, 1.165) is 0 Å². The van der Waals surface area contributed by atoms with Crippen molar-refractivity contribution in [2.45, 2.75) is 47.4 Å². The quantitative estimate of drug-likeness (QED) is 0.365. The Morgan fingerprint density at radius 1 is 0.500 bits per heavy atom. The zero-order valence-electron chi connectivity index (χ0n) is 11.0. The zero-order chi connectivity index (χ0) is 21.6. The molecule has 1 aliphatic rings. The van der Waals surface area contributed by atoms with Gasteiger partial charge in [0.25, 0.3) is 0 Å². The molecule has 2 atom stereocenters. The molecule has 1 rings (SSSR count). The van der Waals surface area contributed by atoms with Crippen molar-refractivity contribution >= 4 is 0 Å². The van der Waals surface area contributed by atoms with E-state index in [1.807, 2.05) is 0 Å². The van der Waals surface area contributed by atoms with Gasteiger partial charge in [-0.3, -0.25) is 0 Å². The highest BCUT2D eigenvalue weighted by Crippen LogP contribution is 2.72. The van der Waals surface area contributed by atoms with Gasteiger partial charge in [0.2, 0.25) is 0 Å². The Kier molecular flexibility index (Phi) is 4.28. The monoisotopic (exact) mass is 424 g/mol. The van der Waals surface area contributed by atoms with Crippen molar-refractivity contribution in [3.8, 4) is 0 Å². The van der Waals surface area contributed by atoms with Crippen LogP contribution in [0.4, 0.5) is 70.2 Å². The molecule has 0 aliphatic heterocycles. The Hall–Kier alpha value is -1.38. The molecule has 1 fully saturated rings. The summed E-state index contributed by atoms with van der Waals surface area (Å²) < 4.78 is 208. The fourth-order valence-corrected chi connectivity index (χ4v) is 2.09. The fourth-order valence-electron chi connectivity index (χ4n) is 2.09. The number of rotatable bonds is 0. The molecule has 16 heteroatoms. The molecule has 0 aromatic carbocycles. The normalized spacial score (nSPS) is 36.5. The van der Waals surface area contributed by atoms with Crippen LogP contribution in [0, 0.1) is 6.58 Å². The van der Waals surface area contributed by atoms with Crippen molar-refractivity contribution in [3.05, 3.63) is 12.2 Å². The summed E-state index contributed by atoms with van der Waals surface area (Å²) in [4.78, 5) is 0. The SMILES string of the molecule is [C]=C1C(F)(F)C(F)(F)C(F)(C(F)(F)F)C(F)(F)C(F)(C(F)(F)F)C1(F)F. The molecule has 152 valence electrons. The van der Waals surface area contributed by atoms with Crippen LogP contribution in [0.25, 0.3) is 0 Å². The van der Waals surface area contributed by atoms with Crippen molar-refractivity contribution < 1.29 is 70.2 Å². The molecule has 1 saturated carbocycles. The van der Waals surface area contributed by atoms with Crippen LogP contribution >= 0.6 is 0 Å². The molecular formula is C10F16. The summed E-state index contributed by atoms with van der Waals surface area (Å²) in [6.07, 6.45) is -16.1. The standard InChI is InChI=1S/C10F16/c1-2-3(11,12)5(15,9(21,22)23)8(19,20)6(16,10(24,25)26)7(17,18)4(2,13)14. The minimum Gasteiger partial charge on any atom is -0.220 e. The third-order valence-electron chi connectivity index (χ3n) is 3.53. The predicted octanol–water partition coefficient (Wildman–Crippen LogP) is 5.32. The summed E-state index contributed by atoms with van der Waals surface area (Å²) in [6.45, 7) is 5.90. The van der Waals surface area contributed by atoms with Crippen LogP contribution in [0.15, 0.2) is 5.57 Å². The van der Waals surface area contributed by atoms with E-state index in [-0.39, 0.29) is 0 Å². The Balaban J connectivity index is 4.31. The number of alkyl halides is 16. The van der Waals surface area contributed by atoms with Crippen molar-refractivity contribution in [1.29, 1.82) is 0 Å². The van der Waals surface area contributed by atoms with Crippen molar-refractivity contribution in [3.63, 3.8) is 0 Å². The highest BCUT2D eigenvalue weighted by atomic mass is 19.4. The summed E-state index contributed by atoms with van der Waals surface area (Å²) in [7, 11) is 0. The maximum absolute atomic E-state index is 13.7.